The second-order valence-electron chi connectivity index (χ2n) is 13.9. The van der Waals surface area contributed by atoms with Gasteiger partial charge in [0.2, 0.25) is 0 Å². The van der Waals surface area contributed by atoms with Gasteiger partial charge in [0, 0.05) is 32.0 Å². The van der Waals surface area contributed by atoms with Gasteiger partial charge < -0.3 is 9.55 Å². The van der Waals surface area contributed by atoms with Crippen molar-refractivity contribution in [1.29, 1.82) is 0 Å². The number of hydrogen-bond donors (Lipinski definition) is 0. The summed E-state index contributed by atoms with van der Waals surface area (Å²) in [6, 6.07) is 56.2. The number of para-hydroxylation sites is 2. The molecule has 9 rings (SSSR count). The van der Waals surface area contributed by atoms with Crippen molar-refractivity contribution in [2.45, 2.75) is 39.5 Å². The summed E-state index contributed by atoms with van der Waals surface area (Å²) in [5.74, 6) is 1.32. The molecule has 0 atom stereocenters. The summed E-state index contributed by atoms with van der Waals surface area (Å²) in [7, 11) is 0. The van der Waals surface area contributed by atoms with Crippen LogP contribution in [0.4, 0.5) is 0 Å². The fourth-order valence-electron chi connectivity index (χ4n) is 7.03. The third-order valence-corrected chi connectivity index (χ3v) is 9.70. The third kappa shape index (κ3) is 7.28. The molecule has 0 unspecified atom stereocenters. The topological polar surface area (TPSA) is 30.7 Å². The molecule has 7 aromatic carbocycles. The van der Waals surface area contributed by atoms with E-state index in [2.05, 4.69) is 110 Å². The molecule has 0 spiro atoms. The van der Waals surface area contributed by atoms with Gasteiger partial charge in [-0.1, -0.05) is 129 Å². The van der Waals surface area contributed by atoms with Crippen LogP contribution in [0.25, 0.3) is 72.0 Å². The third-order valence-electron chi connectivity index (χ3n) is 9.70. The molecule has 2 aromatic heterocycles. The van der Waals surface area contributed by atoms with Crippen molar-refractivity contribution in [3.63, 3.8) is 0 Å². The number of imidazole rings is 1. The van der Waals surface area contributed by atoms with Gasteiger partial charge in [-0.05, 0) is 75.5 Å². The van der Waals surface area contributed by atoms with E-state index in [1.165, 1.54) is 22.3 Å². The van der Waals surface area contributed by atoms with Crippen LogP contribution in [0.3, 0.4) is 0 Å². The van der Waals surface area contributed by atoms with Crippen LogP contribution in [0.5, 0.6) is 0 Å². The van der Waals surface area contributed by atoms with Crippen molar-refractivity contribution < 1.29 is 22.8 Å². The summed E-state index contributed by atoms with van der Waals surface area (Å²) in [5.41, 5.74) is 10.9. The quantitative estimate of drug-likeness (QED) is 0.123. The molecule has 3 nitrogen and oxygen atoms in total. The first-order valence-electron chi connectivity index (χ1n) is 19.2. The summed E-state index contributed by atoms with van der Waals surface area (Å²) in [4.78, 5) is 9.40. The Morgan fingerprint density at radius 1 is 0.611 bits per heavy atom. The summed E-state index contributed by atoms with van der Waals surface area (Å²) in [6.07, 6.45) is 1.79. The molecule has 0 bridgehead atoms. The predicted octanol–water partition coefficient (Wildman–Crippen LogP) is 13.3. The van der Waals surface area contributed by atoms with E-state index in [0.29, 0.717) is 0 Å². The zero-order valence-electron chi connectivity index (χ0n) is 32.8. The summed E-state index contributed by atoms with van der Waals surface area (Å²) in [6.45, 7) is 9.02. The number of pyridine rings is 1. The number of nitrogens with zero attached hydrogens (tertiary/aromatic N) is 3. The van der Waals surface area contributed by atoms with Crippen molar-refractivity contribution in [2.75, 3.05) is 0 Å². The first-order chi connectivity index (χ1) is 26.8. The molecule has 0 saturated carbocycles. The molecule has 267 valence electrons. The largest absolute Gasteiger partial charge is 0.333 e. The van der Waals surface area contributed by atoms with E-state index in [1.807, 2.05) is 84.9 Å². The fourth-order valence-corrected chi connectivity index (χ4v) is 7.03. The molecule has 1 radical (unpaired) electrons. The summed E-state index contributed by atoms with van der Waals surface area (Å²) >= 11 is 0. The molecule has 0 saturated heterocycles. The molecule has 4 heteroatoms. The van der Waals surface area contributed by atoms with Gasteiger partial charge in [-0.3, -0.25) is 4.98 Å². The average molecular weight is 878 g/mol. The number of rotatable bonds is 6. The summed E-state index contributed by atoms with van der Waals surface area (Å²) < 4.78 is 19.9. The van der Waals surface area contributed by atoms with E-state index in [4.69, 9.17) is 7.73 Å². The Hall–Kier alpha value is -5.67. The summed E-state index contributed by atoms with van der Waals surface area (Å²) in [5, 5.41) is 3.43. The second-order valence-corrected chi connectivity index (χ2v) is 13.9. The monoisotopic (exact) mass is 878 g/mol. The Morgan fingerprint density at radius 3 is 2.02 bits per heavy atom. The maximum atomic E-state index is 8.91. The van der Waals surface area contributed by atoms with Gasteiger partial charge in [0.15, 0.2) is 0 Å². The first-order valence-corrected chi connectivity index (χ1v) is 18.2. The van der Waals surface area contributed by atoms with Crippen molar-refractivity contribution in [1.82, 2.24) is 14.5 Å². The molecule has 0 aliphatic carbocycles. The molecule has 0 N–H and O–H groups in total. The van der Waals surface area contributed by atoms with Crippen LogP contribution in [-0.2, 0) is 20.1 Å². The smallest absolute Gasteiger partial charge is 0.0774 e. The van der Waals surface area contributed by atoms with Crippen LogP contribution < -0.4 is 0 Å². The molecule has 0 amide bonds. The van der Waals surface area contributed by atoms with E-state index in [1.54, 1.807) is 6.20 Å². The second kappa shape index (κ2) is 16.1. The number of fused-ring (bicyclic) bond motifs is 4. The zero-order valence-corrected chi connectivity index (χ0v) is 33.2. The van der Waals surface area contributed by atoms with Crippen molar-refractivity contribution in [3.8, 4) is 39.5 Å². The molecule has 9 aromatic rings. The van der Waals surface area contributed by atoms with Gasteiger partial charge in [0.05, 0.1) is 19.6 Å². The molecular formula is C50H41IrN3-2. The standard InChI is InChI=1S/C39H33N2.C11H8N.Ir/c1-25(2)34-23-31(27-12-6-5-7-13-27)24-35(26(3)4)38(34)41-37-17-11-10-16-36(37)40-39(41)30-20-21-33-29(22-30)19-18-28-14-8-9-15-32(28)33;1-2-6-10(7-3-1)11-8-4-5-9-12-11;/h5-19,21-26H,1-4H3;1-6,8-9H;/q2*-1;/i18D,19D;;. The Kier molecular flexibility index (Phi) is 10.2. The fraction of sp³-hybridized carbons (Fsp3) is 0.120. The molecular weight excluding hydrogens is 835 g/mol. The first kappa shape index (κ1) is 34.1. The minimum Gasteiger partial charge on any atom is -0.333 e. The average Bonchev–Trinajstić information content (AvgIpc) is 3.62. The number of aromatic nitrogens is 3. The Labute approximate surface area is 334 Å². The zero-order chi connectivity index (χ0) is 38.1. The minimum absolute atomic E-state index is 0. The van der Waals surface area contributed by atoms with Gasteiger partial charge in [-0.15, -0.1) is 65.0 Å². The Morgan fingerprint density at radius 2 is 1.30 bits per heavy atom. The molecule has 2 heterocycles. The molecule has 0 aliphatic heterocycles. The van der Waals surface area contributed by atoms with Gasteiger partial charge in [-0.25, -0.2) is 0 Å². The van der Waals surface area contributed by atoms with Crippen LogP contribution in [0, 0.1) is 12.1 Å². The number of benzene rings is 7. The maximum absolute atomic E-state index is 8.91. The van der Waals surface area contributed by atoms with Gasteiger partial charge in [0.1, 0.15) is 0 Å². The number of hydrogen-bond acceptors (Lipinski definition) is 2. The van der Waals surface area contributed by atoms with Crippen molar-refractivity contribution in [2.24, 2.45) is 0 Å². The van der Waals surface area contributed by atoms with Gasteiger partial charge in [-0.2, -0.15) is 0 Å². The van der Waals surface area contributed by atoms with Crippen LogP contribution in [0.1, 0.15) is 53.4 Å². The Bertz CT molecular complexity index is 2710. The van der Waals surface area contributed by atoms with E-state index >= 15 is 0 Å². The maximum Gasteiger partial charge on any atom is 0.0774 e. The van der Waals surface area contributed by atoms with Crippen molar-refractivity contribution >= 4 is 32.6 Å². The van der Waals surface area contributed by atoms with Crippen LogP contribution >= 0.6 is 0 Å². The minimum atomic E-state index is 0. The van der Waals surface area contributed by atoms with E-state index in [-0.39, 0.29) is 44.0 Å². The van der Waals surface area contributed by atoms with Crippen LogP contribution in [-0.4, -0.2) is 14.5 Å². The van der Waals surface area contributed by atoms with Gasteiger partial charge in [0.25, 0.3) is 0 Å². The SMILES string of the molecule is [2H]c1c([2H])c2ccccc2c2c[c-]c(-c3nc4ccccc4n3-c3c(C(C)C)cc(-c4ccccc4)cc3C(C)C)cc12.[Ir].[c-]1ccccc1-c1ccccn1. The van der Waals surface area contributed by atoms with Gasteiger partial charge >= 0.3 is 0 Å². The molecule has 54 heavy (non-hydrogen) atoms. The Balaban J connectivity index is 0.000000315. The van der Waals surface area contributed by atoms with E-state index in [0.717, 1.165) is 60.9 Å². The predicted molar refractivity (Wildman–Crippen MR) is 222 cm³/mol. The van der Waals surface area contributed by atoms with Crippen LogP contribution in [0.15, 0.2) is 164 Å². The molecule has 0 aliphatic rings. The van der Waals surface area contributed by atoms with Crippen molar-refractivity contribution in [3.05, 3.63) is 187 Å². The van der Waals surface area contributed by atoms with Crippen LogP contribution in [0.2, 0.25) is 0 Å². The normalized spacial score (nSPS) is 11.7. The van der Waals surface area contributed by atoms with E-state index in [9.17, 15) is 0 Å². The molecule has 0 fully saturated rings. The van der Waals surface area contributed by atoms with E-state index < -0.39 is 0 Å².